The van der Waals surface area contributed by atoms with Crippen molar-refractivity contribution >= 4 is 12.4 Å². The Morgan fingerprint density at radius 2 is 2.09 bits per heavy atom. The van der Waals surface area contributed by atoms with Crippen molar-refractivity contribution in [3.63, 3.8) is 0 Å². The van der Waals surface area contributed by atoms with Gasteiger partial charge in [0.25, 0.3) is 0 Å². The Morgan fingerprint density at radius 3 is 2.55 bits per heavy atom. The zero-order valence-corrected chi connectivity index (χ0v) is 7.61. The first kappa shape index (κ1) is 10.4. The predicted molar refractivity (Wildman–Crippen MR) is 48.9 cm³/mol. The minimum atomic E-state index is 0. The minimum Gasteiger partial charge on any atom is -0.326 e. The largest absolute Gasteiger partial charge is 0.326 e. The first-order chi connectivity index (χ1) is 4.74. The smallest absolute Gasteiger partial charge is 0.0375 e. The van der Waals surface area contributed by atoms with E-state index in [2.05, 4.69) is 11.9 Å². The maximum absolute atomic E-state index is 5.46. The van der Waals surface area contributed by atoms with E-state index in [0.29, 0.717) is 6.54 Å². The van der Waals surface area contributed by atoms with E-state index in [4.69, 9.17) is 5.73 Å². The fraction of sp³-hybridized carbons (Fsp3) is 0.375. The van der Waals surface area contributed by atoms with Gasteiger partial charge in [0.05, 0.1) is 0 Å². The van der Waals surface area contributed by atoms with E-state index < -0.39 is 0 Å². The first-order valence-corrected chi connectivity index (χ1v) is 3.36. The lowest BCUT2D eigenvalue weighted by molar-refractivity contribution is 1.01. The number of pyridine rings is 1. The molecule has 0 saturated heterocycles. The molecular formula is C8H13ClN2. The van der Waals surface area contributed by atoms with Crippen LogP contribution < -0.4 is 5.73 Å². The minimum absolute atomic E-state index is 0. The number of nitrogens with two attached hydrogens (primary N) is 1. The molecule has 0 unspecified atom stereocenters. The quantitative estimate of drug-likeness (QED) is 0.699. The molecule has 1 heterocycles. The summed E-state index contributed by atoms with van der Waals surface area (Å²) in [6.45, 7) is 4.61. The maximum atomic E-state index is 5.46. The lowest BCUT2D eigenvalue weighted by Gasteiger charge is -2.01. The lowest BCUT2D eigenvalue weighted by Crippen LogP contribution is -2.00. The van der Waals surface area contributed by atoms with Gasteiger partial charge >= 0.3 is 0 Å². The molecule has 1 rings (SSSR count). The van der Waals surface area contributed by atoms with E-state index in [1.165, 1.54) is 5.56 Å². The van der Waals surface area contributed by atoms with Crippen LogP contribution >= 0.6 is 12.4 Å². The average molecular weight is 173 g/mol. The van der Waals surface area contributed by atoms with E-state index in [0.717, 1.165) is 11.3 Å². The van der Waals surface area contributed by atoms with E-state index in [1.54, 1.807) is 0 Å². The highest BCUT2D eigenvalue weighted by atomic mass is 35.5. The molecule has 11 heavy (non-hydrogen) atoms. The molecule has 0 bridgehead atoms. The highest BCUT2D eigenvalue weighted by Crippen LogP contribution is 2.05. The number of rotatable bonds is 1. The molecule has 2 N–H and O–H groups in total. The highest BCUT2D eigenvalue weighted by molar-refractivity contribution is 5.85. The normalized spacial score (nSPS) is 9.00. The van der Waals surface area contributed by atoms with Gasteiger partial charge in [0, 0.05) is 18.4 Å². The molecule has 2 nitrogen and oxygen atoms in total. The van der Waals surface area contributed by atoms with E-state index in [1.807, 2.05) is 19.2 Å². The third-order valence-electron chi connectivity index (χ3n) is 1.58. The molecule has 0 saturated carbocycles. The van der Waals surface area contributed by atoms with Crippen LogP contribution in [0.15, 0.2) is 12.3 Å². The number of nitrogens with zero attached hydrogens (tertiary/aromatic N) is 1. The van der Waals surface area contributed by atoms with Crippen molar-refractivity contribution in [3.8, 4) is 0 Å². The Bertz CT molecular complexity index is 236. The summed E-state index contributed by atoms with van der Waals surface area (Å²) in [4.78, 5) is 4.13. The number of aromatic nitrogens is 1. The fourth-order valence-corrected chi connectivity index (χ4v) is 0.939. The van der Waals surface area contributed by atoms with Gasteiger partial charge in [-0.15, -0.1) is 12.4 Å². The fourth-order valence-electron chi connectivity index (χ4n) is 0.939. The van der Waals surface area contributed by atoms with E-state index >= 15 is 0 Å². The molecule has 0 atom stereocenters. The monoisotopic (exact) mass is 172 g/mol. The lowest BCUT2D eigenvalue weighted by atomic mass is 10.1. The van der Waals surface area contributed by atoms with Crippen molar-refractivity contribution in [2.75, 3.05) is 0 Å². The summed E-state index contributed by atoms with van der Waals surface area (Å²) in [7, 11) is 0. The summed E-state index contributed by atoms with van der Waals surface area (Å²) in [6, 6.07) is 2.04. The molecule has 0 aliphatic rings. The van der Waals surface area contributed by atoms with Gasteiger partial charge in [-0.3, -0.25) is 4.98 Å². The molecule has 0 amide bonds. The zero-order chi connectivity index (χ0) is 7.56. The maximum Gasteiger partial charge on any atom is 0.0375 e. The van der Waals surface area contributed by atoms with Crippen LogP contribution in [-0.4, -0.2) is 4.98 Å². The number of halogens is 1. The Labute approximate surface area is 73.2 Å². The molecule has 1 aromatic heterocycles. The summed E-state index contributed by atoms with van der Waals surface area (Å²) in [5.74, 6) is 0. The summed E-state index contributed by atoms with van der Waals surface area (Å²) in [5, 5.41) is 0. The van der Waals surface area contributed by atoms with Crippen molar-refractivity contribution < 1.29 is 0 Å². The number of hydrogen-bond acceptors (Lipinski definition) is 2. The van der Waals surface area contributed by atoms with Crippen LogP contribution in [-0.2, 0) is 6.54 Å². The first-order valence-electron chi connectivity index (χ1n) is 3.36. The van der Waals surface area contributed by atoms with Gasteiger partial charge in [0.2, 0.25) is 0 Å². The number of aryl methyl sites for hydroxylation is 2. The third-order valence-corrected chi connectivity index (χ3v) is 1.58. The molecule has 0 aromatic carbocycles. The number of hydrogen-bond donors (Lipinski definition) is 1. The Morgan fingerprint density at radius 1 is 1.45 bits per heavy atom. The van der Waals surface area contributed by atoms with Gasteiger partial charge in [0.1, 0.15) is 0 Å². The Balaban J connectivity index is 0.000001000. The van der Waals surface area contributed by atoms with Crippen LogP contribution in [0, 0.1) is 13.8 Å². The van der Waals surface area contributed by atoms with E-state index in [-0.39, 0.29) is 12.4 Å². The molecule has 0 aliphatic heterocycles. The molecule has 62 valence electrons. The SMILES string of the molecule is Cc1cc(C)c(CN)cn1.Cl. The summed E-state index contributed by atoms with van der Waals surface area (Å²) < 4.78 is 0. The van der Waals surface area contributed by atoms with Gasteiger partial charge in [0.15, 0.2) is 0 Å². The molecule has 0 spiro atoms. The van der Waals surface area contributed by atoms with Gasteiger partial charge < -0.3 is 5.73 Å². The summed E-state index contributed by atoms with van der Waals surface area (Å²) in [5.41, 5.74) is 8.87. The molecule has 0 aliphatic carbocycles. The second kappa shape index (κ2) is 4.31. The topological polar surface area (TPSA) is 38.9 Å². The third kappa shape index (κ3) is 2.48. The van der Waals surface area contributed by atoms with Crippen molar-refractivity contribution in [1.82, 2.24) is 4.98 Å². The average Bonchev–Trinajstić information content (AvgIpc) is 1.88. The molecule has 3 heteroatoms. The highest BCUT2D eigenvalue weighted by Gasteiger charge is 1.94. The second-order valence-electron chi connectivity index (χ2n) is 2.46. The molecular weight excluding hydrogens is 160 g/mol. The Kier molecular flexibility index (Phi) is 4.08. The van der Waals surface area contributed by atoms with Gasteiger partial charge in [-0.2, -0.15) is 0 Å². The van der Waals surface area contributed by atoms with Crippen LogP contribution in [0.2, 0.25) is 0 Å². The zero-order valence-electron chi connectivity index (χ0n) is 6.79. The molecule has 0 fully saturated rings. The summed E-state index contributed by atoms with van der Waals surface area (Å²) >= 11 is 0. The molecule has 0 radical (unpaired) electrons. The van der Waals surface area contributed by atoms with Crippen molar-refractivity contribution in [3.05, 3.63) is 29.1 Å². The standard InChI is InChI=1S/C8H12N2.ClH/c1-6-3-7(2)10-5-8(6)4-9;/h3,5H,4,9H2,1-2H3;1H. The summed E-state index contributed by atoms with van der Waals surface area (Å²) in [6.07, 6.45) is 1.84. The predicted octanol–water partition coefficient (Wildman–Crippen LogP) is 1.58. The Hall–Kier alpha value is -0.600. The van der Waals surface area contributed by atoms with Crippen LogP contribution in [0.4, 0.5) is 0 Å². The van der Waals surface area contributed by atoms with Crippen LogP contribution in [0.5, 0.6) is 0 Å². The second-order valence-corrected chi connectivity index (χ2v) is 2.46. The van der Waals surface area contributed by atoms with E-state index in [9.17, 15) is 0 Å². The van der Waals surface area contributed by atoms with Crippen LogP contribution in [0.1, 0.15) is 16.8 Å². The van der Waals surface area contributed by atoms with Gasteiger partial charge in [-0.1, -0.05) is 0 Å². The van der Waals surface area contributed by atoms with Crippen molar-refractivity contribution in [1.29, 1.82) is 0 Å². The van der Waals surface area contributed by atoms with Crippen molar-refractivity contribution in [2.24, 2.45) is 5.73 Å². The van der Waals surface area contributed by atoms with Crippen molar-refractivity contribution in [2.45, 2.75) is 20.4 Å². The van der Waals surface area contributed by atoms with Gasteiger partial charge in [-0.05, 0) is 31.0 Å². The van der Waals surface area contributed by atoms with Crippen LogP contribution in [0.25, 0.3) is 0 Å². The van der Waals surface area contributed by atoms with Gasteiger partial charge in [-0.25, -0.2) is 0 Å². The molecule has 1 aromatic rings. The van der Waals surface area contributed by atoms with Crippen LogP contribution in [0.3, 0.4) is 0 Å².